The van der Waals surface area contributed by atoms with Gasteiger partial charge in [-0.05, 0) is 32.4 Å². The van der Waals surface area contributed by atoms with Crippen LogP contribution in [0.25, 0.3) is 0 Å². The van der Waals surface area contributed by atoms with E-state index in [1.54, 1.807) is 11.9 Å². The van der Waals surface area contributed by atoms with E-state index in [1.807, 2.05) is 12.1 Å². The van der Waals surface area contributed by atoms with E-state index in [0.29, 0.717) is 19.5 Å². The number of amides is 1. The molecule has 0 bridgehead atoms. The van der Waals surface area contributed by atoms with E-state index in [4.69, 9.17) is 16.7 Å². The van der Waals surface area contributed by atoms with Gasteiger partial charge >= 0.3 is 0 Å². The lowest BCUT2D eigenvalue weighted by molar-refractivity contribution is -0.132. The number of thiophene rings is 1. The predicted octanol–water partition coefficient (Wildman–Crippen LogP) is 2.45. The molecule has 1 aromatic heterocycles. The van der Waals surface area contributed by atoms with Gasteiger partial charge in [-0.3, -0.25) is 9.69 Å². The number of nitrogens with zero attached hydrogens (tertiary/aromatic N) is 2. The molecule has 0 unspecified atom stereocenters. The molecule has 0 aliphatic rings. The first-order chi connectivity index (χ1) is 9.43. The van der Waals surface area contributed by atoms with Gasteiger partial charge in [-0.1, -0.05) is 11.6 Å². The largest absolute Gasteiger partial charge is 0.396 e. The van der Waals surface area contributed by atoms with Crippen LogP contribution in [-0.4, -0.2) is 53.6 Å². The highest BCUT2D eigenvalue weighted by Gasteiger charge is 2.17. The predicted molar refractivity (Wildman–Crippen MR) is 84.2 cm³/mol. The van der Waals surface area contributed by atoms with Crippen molar-refractivity contribution in [2.24, 2.45) is 0 Å². The van der Waals surface area contributed by atoms with Crippen molar-refractivity contribution in [2.75, 3.05) is 26.7 Å². The molecule has 1 rings (SSSR count). The molecule has 1 heterocycles. The molecule has 0 atom stereocenters. The number of carbonyl (C=O) groups excluding carboxylic acids is 1. The van der Waals surface area contributed by atoms with E-state index >= 15 is 0 Å². The van der Waals surface area contributed by atoms with Crippen molar-refractivity contribution >= 4 is 28.8 Å². The fraction of sp³-hybridized carbons (Fsp3) is 0.643. The number of likely N-dealkylation sites (N-methyl/N-ethyl adjacent to an activating group) is 1. The van der Waals surface area contributed by atoms with Gasteiger partial charge in [0.1, 0.15) is 0 Å². The highest BCUT2D eigenvalue weighted by atomic mass is 35.5. The standard InChI is InChI=1S/C14H23ClN2O2S/c1-11(2)17(7-4-8-18)10-14(19)16(3)9-12-5-6-13(15)20-12/h5-6,11,18H,4,7-10H2,1-3H3. The van der Waals surface area contributed by atoms with Gasteiger partial charge in [0.25, 0.3) is 0 Å². The summed E-state index contributed by atoms with van der Waals surface area (Å²) in [6, 6.07) is 4.08. The molecule has 1 N–H and O–H groups in total. The van der Waals surface area contributed by atoms with Gasteiger partial charge in [0.15, 0.2) is 0 Å². The first-order valence-corrected chi connectivity index (χ1v) is 7.96. The highest BCUT2D eigenvalue weighted by Crippen LogP contribution is 2.22. The molecular formula is C14H23ClN2O2S. The lowest BCUT2D eigenvalue weighted by Gasteiger charge is -2.27. The van der Waals surface area contributed by atoms with E-state index in [9.17, 15) is 4.79 Å². The maximum absolute atomic E-state index is 12.2. The number of aliphatic hydroxyl groups is 1. The second-order valence-corrected chi connectivity index (χ2v) is 6.90. The third-order valence-corrected chi connectivity index (χ3v) is 4.34. The van der Waals surface area contributed by atoms with Gasteiger partial charge in [0.05, 0.1) is 17.4 Å². The molecule has 114 valence electrons. The molecule has 0 aromatic carbocycles. The summed E-state index contributed by atoms with van der Waals surface area (Å²) in [5.74, 6) is 0.0844. The highest BCUT2D eigenvalue weighted by molar-refractivity contribution is 7.16. The number of aliphatic hydroxyl groups excluding tert-OH is 1. The minimum atomic E-state index is 0.0844. The Bertz CT molecular complexity index is 423. The monoisotopic (exact) mass is 318 g/mol. The molecule has 1 aromatic rings. The average molecular weight is 319 g/mol. The summed E-state index contributed by atoms with van der Waals surface area (Å²) in [5.41, 5.74) is 0. The molecule has 6 heteroatoms. The fourth-order valence-corrected chi connectivity index (χ4v) is 2.99. The fourth-order valence-electron chi connectivity index (χ4n) is 1.85. The van der Waals surface area contributed by atoms with Gasteiger partial charge in [-0.25, -0.2) is 0 Å². The molecule has 4 nitrogen and oxygen atoms in total. The molecular weight excluding hydrogens is 296 g/mol. The van der Waals surface area contributed by atoms with Gasteiger partial charge in [0, 0.05) is 31.1 Å². The van der Waals surface area contributed by atoms with Crippen LogP contribution in [0.1, 0.15) is 25.1 Å². The Morgan fingerprint density at radius 3 is 2.65 bits per heavy atom. The van der Waals surface area contributed by atoms with Crippen LogP contribution in [-0.2, 0) is 11.3 Å². The maximum atomic E-state index is 12.2. The minimum Gasteiger partial charge on any atom is -0.396 e. The first kappa shape index (κ1) is 17.4. The van der Waals surface area contributed by atoms with E-state index in [2.05, 4.69) is 18.7 Å². The minimum absolute atomic E-state index is 0.0844. The lowest BCUT2D eigenvalue weighted by atomic mass is 10.2. The van der Waals surface area contributed by atoms with E-state index in [0.717, 1.165) is 15.8 Å². The van der Waals surface area contributed by atoms with E-state index in [1.165, 1.54) is 11.3 Å². The van der Waals surface area contributed by atoms with E-state index in [-0.39, 0.29) is 18.6 Å². The van der Waals surface area contributed by atoms with Crippen LogP contribution in [0.2, 0.25) is 4.34 Å². The van der Waals surface area contributed by atoms with Crippen LogP contribution in [0.4, 0.5) is 0 Å². The van der Waals surface area contributed by atoms with Crippen LogP contribution >= 0.6 is 22.9 Å². The van der Waals surface area contributed by atoms with Crippen molar-refractivity contribution in [1.82, 2.24) is 9.80 Å². The molecule has 0 aliphatic carbocycles. The summed E-state index contributed by atoms with van der Waals surface area (Å²) in [5, 5.41) is 8.90. The number of hydrogen-bond donors (Lipinski definition) is 1. The van der Waals surface area contributed by atoms with Gasteiger partial charge in [-0.15, -0.1) is 11.3 Å². The molecule has 20 heavy (non-hydrogen) atoms. The van der Waals surface area contributed by atoms with Crippen LogP contribution in [0, 0.1) is 0 Å². The molecule has 0 fully saturated rings. The zero-order chi connectivity index (χ0) is 15.1. The van der Waals surface area contributed by atoms with Gasteiger partial charge < -0.3 is 10.0 Å². The molecule has 0 spiro atoms. The van der Waals surface area contributed by atoms with Crippen molar-refractivity contribution < 1.29 is 9.90 Å². The smallest absolute Gasteiger partial charge is 0.236 e. The van der Waals surface area contributed by atoms with Crippen molar-refractivity contribution in [2.45, 2.75) is 32.9 Å². The Kier molecular flexibility index (Phi) is 7.51. The van der Waals surface area contributed by atoms with Gasteiger partial charge in [0.2, 0.25) is 5.91 Å². The second kappa shape index (κ2) is 8.62. The topological polar surface area (TPSA) is 43.8 Å². The number of rotatable bonds is 8. The zero-order valence-corrected chi connectivity index (χ0v) is 13.9. The third kappa shape index (κ3) is 5.79. The third-order valence-electron chi connectivity index (χ3n) is 3.12. The number of carbonyl (C=O) groups is 1. The SMILES string of the molecule is CC(C)N(CCCO)CC(=O)N(C)Cc1ccc(Cl)s1. The summed E-state index contributed by atoms with van der Waals surface area (Å²) in [6.45, 7) is 5.97. The average Bonchev–Trinajstić information content (AvgIpc) is 2.79. The Labute approximate surface area is 129 Å². The van der Waals surface area contributed by atoms with Crippen molar-refractivity contribution in [3.8, 4) is 0 Å². The Hall–Kier alpha value is -0.620. The molecule has 0 radical (unpaired) electrons. The molecule has 0 saturated carbocycles. The summed E-state index contributed by atoms with van der Waals surface area (Å²) in [7, 11) is 1.81. The summed E-state index contributed by atoms with van der Waals surface area (Å²) < 4.78 is 0.743. The van der Waals surface area contributed by atoms with Crippen LogP contribution in [0.15, 0.2) is 12.1 Å². The summed E-state index contributed by atoms with van der Waals surface area (Å²) in [4.78, 5) is 17.1. The normalized spacial score (nSPS) is 11.3. The van der Waals surface area contributed by atoms with Crippen molar-refractivity contribution in [3.63, 3.8) is 0 Å². The molecule has 0 saturated heterocycles. The lowest BCUT2D eigenvalue weighted by Crippen LogP contribution is -2.41. The first-order valence-electron chi connectivity index (χ1n) is 6.77. The Balaban J connectivity index is 2.50. The van der Waals surface area contributed by atoms with Crippen LogP contribution in [0.3, 0.4) is 0 Å². The Morgan fingerprint density at radius 2 is 2.15 bits per heavy atom. The quantitative estimate of drug-likeness (QED) is 0.800. The number of hydrogen-bond acceptors (Lipinski definition) is 4. The van der Waals surface area contributed by atoms with E-state index < -0.39 is 0 Å². The number of halogens is 1. The second-order valence-electron chi connectivity index (χ2n) is 5.10. The summed E-state index contributed by atoms with van der Waals surface area (Å²) in [6.07, 6.45) is 0.690. The molecule has 1 amide bonds. The molecule has 0 aliphatic heterocycles. The zero-order valence-electron chi connectivity index (χ0n) is 12.3. The van der Waals surface area contributed by atoms with Crippen molar-refractivity contribution in [3.05, 3.63) is 21.3 Å². The Morgan fingerprint density at radius 1 is 1.45 bits per heavy atom. The van der Waals surface area contributed by atoms with Gasteiger partial charge in [-0.2, -0.15) is 0 Å². The van der Waals surface area contributed by atoms with Crippen LogP contribution < -0.4 is 0 Å². The van der Waals surface area contributed by atoms with Crippen molar-refractivity contribution in [1.29, 1.82) is 0 Å². The summed E-state index contributed by atoms with van der Waals surface area (Å²) >= 11 is 7.39. The maximum Gasteiger partial charge on any atom is 0.236 e. The van der Waals surface area contributed by atoms with Crippen LogP contribution in [0.5, 0.6) is 0 Å².